The Balaban J connectivity index is 2.28. The van der Waals surface area contributed by atoms with E-state index >= 15 is 0 Å². The lowest BCUT2D eigenvalue weighted by Gasteiger charge is -2.11. The zero-order valence-corrected chi connectivity index (χ0v) is 13.6. The van der Waals surface area contributed by atoms with Crippen molar-refractivity contribution in [2.75, 3.05) is 0 Å². The first-order valence-corrected chi connectivity index (χ1v) is 8.95. The summed E-state index contributed by atoms with van der Waals surface area (Å²) in [6.45, 7) is 3.80. The SMILES string of the molecule is CCc1ccc(CO)cc1S(=O)(=O)NCc1scnc1C. The molecule has 21 heavy (non-hydrogen) atoms. The van der Waals surface area contributed by atoms with Gasteiger partial charge in [-0.3, -0.25) is 0 Å². The van der Waals surface area contributed by atoms with Gasteiger partial charge >= 0.3 is 0 Å². The largest absolute Gasteiger partial charge is 0.392 e. The van der Waals surface area contributed by atoms with Gasteiger partial charge in [-0.2, -0.15) is 0 Å². The molecular formula is C14H18N2O3S2. The van der Waals surface area contributed by atoms with Crippen molar-refractivity contribution in [2.24, 2.45) is 0 Å². The third-order valence-electron chi connectivity index (χ3n) is 3.25. The molecule has 7 heteroatoms. The van der Waals surface area contributed by atoms with Crippen LogP contribution >= 0.6 is 11.3 Å². The second kappa shape index (κ2) is 6.65. The third kappa shape index (κ3) is 3.68. The van der Waals surface area contributed by atoms with Gasteiger partial charge in [0.15, 0.2) is 0 Å². The number of sulfonamides is 1. The lowest BCUT2D eigenvalue weighted by Crippen LogP contribution is -2.24. The van der Waals surface area contributed by atoms with Crippen molar-refractivity contribution in [1.29, 1.82) is 0 Å². The van der Waals surface area contributed by atoms with Crippen LogP contribution in [-0.2, 0) is 29.6 Å². The highest BCUT2D eigenvalue weighted by Crippen LogP contribution is 2.20. The first-order valence-electron chi connectivity index (χ1n) is 6.59. The van der Waals surface area contributed by atoms with Crippen LogP contribution in [0.3, 0.4) is 0 Å². The number of aliphatic hydroxyl groups excluding tert-OH is 1. The number of thiazole rings is 1. The Labute approximate surface area is 128 Å². The Morgan fingerprint density at radius 2 is 2.14 bits per heavy atom. The molecule has 0 amide bonds. The molecule has 2 aromatic rings. The molecule has 2 N–H and O–H groups in total. The second-order valence-electron chi connectivity index (χ2n) is 4.64. The molecule has 0 saturated heterocycles. The summed E-state index contributed by atoms with van der Waals surface area (Å²) in [6, 6.07) is 5.02. The summed E-state index contributed by atoms with van der Waals surface area (Å²) in [6.07, 6.45) is 0.613. The minimum atomic E-state index is -3.61. The molecule has 1 heterocycles. The minimum Gasteiger partial charge on any atom is -0.392 e. The van der Waals surface area contributed by atoms with Crippen LogP contribution in [0.4, 0.5) is 0 Å². The fraction of sp³-hybridized carbons (Fsp3) is 0.357. The molecule has 114 valence electrons. The average molecular weight is 326 g/mol. The fourth-order valence-electron chi connectivity index (χ4n) is 1.97. The van der Waals surface area contributed by atoms with E-state index in [0.717, 1.165) is 16.1 Å². The van der Waals surface area contributed by atoms with Gasteiger partial charge in [0, 0.05) is 11.4 Å². The van der Waals surface area contributed by atoms with E-state index in [1.165, 1.54) is 17.4 Å². The quantitative estimate of drug-likeness (QED) is 0.851. The highest BCUT2D eigenvalue weighted by molar-refractivity contribution is 7.89. The van der Waals surface area contributed by atoms with Gasteiger partial charge in [-0.25, -0.2) is 18.1 Å². The molecule has 5 nitrogen and oxygen atoms in total. The highest BCUT2D eigenvalue weighted by atomic mass is 32.2. The van der Waals surface area contributed by atoms with E-state index in [-0.39, 0.29) is 18.0 Å². The van der Waals surface area contributed by atoms with Crippen molar-refractivity contribution in [1.82, 2.24) is 9.71 Å². The Morgan fingerprint density at radius 1 is 1.38 bits per heavy atom. The predicted molar refractivity (Wildman–Crippen MR) is 82.6 cm³/mol. The fourth-order valence-corrected chi connectivity index (χ4v) is 4.14. The molecule has 1 aromatic heterocycles. The van der Waals surface area contributed by atoms with E-state index in [9.17, 15) is 13.5 Å². The smallest absolute Gasteiger partial charge is 0.241 e. The van der Waals surface area contributed by atoms with E-state index < -0.39 is 10.0 Å². The third-order valence-corrected chi connectivity index (χ3v) is 5.67. The molecule has 0 unspecified atom stereocenters. The summed E-state index contributed by atoms with van der Waals surface area (Å²) >= 11 is 1.42. The number of rotatable bonds is 6. The van der Waals surface area contributed by atoms with Crippen molar-refractivity contribution < 1.29 is 13.5 Å². The summed E-state index contributed by atoms with van der Waals surface area (Å²) in [5, 5.41) is 9.19. The first-order chi connectivity index (χ1) is 9.97. The van der Waals surface area contributed by atoms with Crippen LogP contribution in [0, 0.1) is 6.92 Å². The molecule has 0 radical (unpaired) electrons. The maximum atomic E-state index is 12.5. The summed E-state index contributed by atoms with van der Waals surface area (Å²) in [4.78, 5) is 5.23. The average Bonchev–Trinajstić information content (AvgIpc) is 2.90. The second-order valence-corrected chi connectivity index (χ2v) is 7.31. The number of aromatic nitrogens is 1. The number of hydrogen-bond acceptors (Lipinski definition) is 5. The Morgan fingerprint density at radius 3 is 2.71 bits per heavy atom. The van der Waals surface area contributed by atoms with Gasteiger partial charge in [0.1, 0.15) is 0 Å². The van der Waals surface area contributed by atoms with E-state index in [2.05, 4.69) is 9.71 Å². The first kappa shape index (κ1) is 16.1. The summed E-state index contributed by atoms with van der Waals surface area (Å²) < 4.78 is 27.6. The molecule has 1 aromatic carbocycles. The molecule has 0 atom stereocenters. The Kier molecular flexibility index (Phi) is 5.10. The number of aryl methyl sites for hydroxylation is 2. The summed E-state index contributed by atoms with van der Waals surface area (Å²) in [5.41, 5.74) is 3.85. The molecule has 0 aliphatic rings. The lowest BCUT2D eigenvalue weighted by molar-refractivity contribution is 0.281. The Hall–Kier alpha value is -1.28. The molecule has 0 bridgehead atoms. The maximum absolute atomic E-state index is 12.5. The van der Waals surface area contributed by atoms with Crippen molar-refractivity contribution in [3.8, 4) is 0 Å². The number of nitrogens with one attached hydrogen (secondary N) is 1. The van der Waals surface area contributed by atoms with Gasteiger partial charge in [0.2, 0.25) is 10.0 Å². The predicted octanol–water partition coefficient (Wildman–Crippen LogP) is 1.98. The van der Waals surface area contributed by atoms with E-state index in [0.29, 0.717) is 12.0 Å². The van der Waals surface area contributed by atoms with E-state index in [1.54, 1.807) is 17.6 Å². The van der Waals surface area contributed by atoms with Crippen LogP contribution in [0.25, 0.3) is 0 Å². The molecule has 0 fully saturated rings. The molecule has 0 aliphatic carbocycles. The van der Waals surface area contributed by atoms with Gasteiger partial charge < -0.3 is 5.11 Å². The van der Waals surface area contributed by atoms with Crippen LogP contribution in [0.2, 0.25) is 0 Å². The van der Waals surface area contributed by atoms with Crippen molar-refractivity contribution >= 4 is 21.4 Å². The maximum Gasteiger partial charge on any atom is 0.241 e. The lowest BCUT2D eigenvalue weighted by atomic mass is 10.1. The van der Waals surface area contributed by atoms with Crippen LogP contribution in [0.15, 0.2) is 28.6 Å². The molecular weight excluding hydrogens is 308 g/mol. The molecule has 0 saturated carbocycles. The van der Waals surface area contributed by atoms with Gasteiger partial charge in [-0.15, -0.1) is 11.3 Å². The van der Waals surface area contributed by atoms with Crippen LogP contribution in [0.5, 0.6) is 0 Å². The number of aliphatic hydroxyl groups is 1. The zero-order valence-electron chi connectivity index (χ0n) is 12.0. The van der Waals surface area contributed by atoms with E-state index in [4.69, 9.17) is 0 Å². The molecule has 0 aliphatic heterocycles. The van der Waals surface area contributed by atoms with Crippen LogP contribution in [-0.4, -0.2) is 18.5 Å². The molecule has 0 spiro atoms. The topological polar surface area (TPSA) is 79.3 Å². The normalized spacial score (nSPS) is 11.8. The highest BCUT2D eigenvalue weighted by Gasteiger charge is 2.19. The van der Waals surface area contributed by atoms with Gasteiger partial charge in [0.25, 0.3) is 0 Å². The van der Waals surface area contributed by atoms with E-state index in [1.807, 2.05) is 13.8 Å². The number of nitrogens with zero attached hydrogens (tertiary/aromatic N) is 1. The Bertz CT molecular complexity index is 724. The van der Waals surface area contributed by atoms with Crippen LogP contribution < -0.4 is 4.72 Å². The van der Waals surface area contributed by atoms with Crippen LogP contribution in [0.1, 0.15) is 28.6 Å². The number of hydrogen-bond donors (Lipinski definition) is 2. The summed E-state index contributed by atoms with van der Waals surface area (Å²) in [7, 11) is -3.61. The van der Waals surface area contributed by atoms with Crippen molar-refractivity contribution in [3.63, 3.8) is 0 Å². The minimum absolute atomic E-state index is 0.180. The van der Waals surface area contributed by atoms with Gasteiger partial charge in [-0.05, 0) is 30.5 Å². The zero-order chi connectivity index (χ0) is 15.5. The van der Waals surface area contributed by atoms with Crippen molar-refractivity contribution in [3.05, 3.63) is 45.4 Å². The number of benzene rings is 1. The monoisotopic (exact) mass is 326 g/mol. The van der Waals surface area contributed by atoms with Gasteiger partial charge in [-0.1, -0.05) is 19.1 Å². The molecule has 2 rings (SSSR count). The summed E-state index contributed by atoms with van der Waals surface area (Å²) in [5.74, 6) is 0. The standard InChI is InChI=1S/C14H18N2O3S2/c1-3-12-5-4-11(8-17)6-14(12)21(18,19)16-7-13-10(2)15-9-20-13/h4-6,9,16-17H,3,7-8H2,1-2H3. The van der Waals surface area contributed by atoms with Crippen molar-refractivity contribution in [2.45, 2.75) is 38.3 Å². The van der Waals surface area contributed by atoms with Gasteiger partial charge in [0.05, 0.1) is 22.7 Å².